The van der Waals surface area contributed by atoms with Crippen molar-refractivity contribution in [2.45, 2.75) is 0 Å². The van der Waals surface area contributed by atoms with E-state index in [4.69, 9.17) is 26.7 Å². The van der Waals surface area contributed by atoms with Crippen molar-refractivity contribution in [1.29, 1.82) is 0 Å². The van der Waals surface area contributed by atoms with Crippen molar-refractivity contribution in [3.63, 3.8) is 0 Å². The molecular formula is C11H17N5O2. The molecule has 0 aliphatic heterocycles. The molecule has 7 nitrogen and oxygen atoms in total. The average molecular weight is 251 g/mol. The summed E-state index contributed by atoms with van der Waals surface area (Å²) in [5, 5.41) is 0. The maximum absolute atomic E-state index is 5.52. The first-order valence-corrected chi connectivity index (χ1v) is 5.27. The van der Waals surface area contributed by atoms with Gasteiger partial charge in [-0.15, -0.1) is 0 Å². The minimum atomic E-state index is -0.135. The number of methoxy groups -OCH3 is 1. The zero-order valence-corrected chi connectivity index (χ0v) is 10.2. The third-order valence-corrected chi connectivity index (χ3v) is 1.86. The van der Waals surface area contributed by atoms with Crippen molar-refractivity contribution in [3.05, 3.63) is 24.3 Å². The highest BCUT2D eigenvalue weighted by Crippen LogP contribution is 2.19. The van der Waals surface area contributed by atoms with Crippen LogP contribution in [0, 0.1) is 0 Å². The normalized spacial score (nSPS) is 11.1. The molecule has 0 saturated carbocycles. The zero-order valence-electron chi connectivity index (χ0n) is 10.2. The Hall–Kier alpha value is -2.28. The molecule has 98 valence electrons. The highest BCUT2D eigenvalue weighted by atomic mass is 16.5. The van der Waals surface area contributed by atoms with Crippen LogP contribution in [0.25, 0.3) is 0 Å². The van der Waals surface area contributed by atoms with Crippen LogP contribution in [0.3, 0.4) is 0 Å². The Labute approximate surface area is 105 Å². The maximum atomic E-state index is 5.52. The summed E-state index contributed by atoms with van der Waals surface area (Å²) >= 11 is 0. The molecule has 0 fully saturated rings. The van der Waals surface area contributed by atoms with Crippen LogP contribution in [-0.2, 0) is 4.74 Å². The van der Waals surface area contributed by atoms with Gasteiger partial charge in [0, 0.05) is 13.2 Å². The van der Waals surface area contributed by atoms with E-state index in [1.807, 2.05) is 6.07 Å². The van der Waals surface area contributed by atoms with Crippen molar-refractivity contribution >= 4 is 17.6 Å². The van der Waals surface area contributed by atoms with E-state index >= 15 is 0 Å². The second-order valence-corrected chi connectivity index (χ2v) is 3.35. The molecule has 1 aromatic carbocycles. The van der Waals surface area contributed by atoms with Crippen LogP contribution < -0.4 is 21.9 Å². The Balaban J connectivity index is 2.73. The summed E-state index contributed by atoms with van der Waals surface area (Å²) in [5.41, 5.74) is 16.5. The summed E-state index contributed by atoms with van der Waals surface area (Å²) in [5.74, 6) is 0.526. The first-order chi connectivity index (χ1) is 8.61. The number of nitrogens with two attached hydrogens (primary N) is 3. The highest BCUT2D eigenvalue weighted by molar-refractivity contribution is 5.93. The molecule has 7 heteroatoms. The fourth-order valence-corrected chi connectivity index (χ4v) is 1.18. The van der Waals surface area contributed by atoms with Crippen LogP contribution in [0.4, 0.5) is 5.69 Å². The predicted molar refractivity (Wildman–Crippen MR) is 70.9 cm³/mol. The lowest BCUT2D eigenvalue weighted by atomic mass is 10.3. The van der Waals surface area contributed by atoms with Gasteiger partial charge in [-0.3, -0.25) is 0 Å². The summed E-state index contributed by atoms with van der Waals surface area (Å²) in [6.45, 7) is 0.983. The van der Waals surface area contributed by atoms with Gasteiger partial charge in [0.25, 0.3) is 0 Å². The summed E-state index contributed by atoms with van der Waals surface area (Å²) < 4.78 is 10.3. The van der Waals surface area contributed by atoms with E-state index in [1.54, 1.807) is 25.3 Å². The molecule has 0 spiro atoms. The van der Waals surface area contributed by atoms with Gasteiger partial charge < -0.3 is 26.7 Å². The molecule has 0 atom stereocenters. The van der Waals surface area contributed by atoms with Crippen molar-refractivity contribution in [1.82, 2.24) is 0 Å². The van der Waals surface area contributed by atoms with Gasteiger partial charge in [0.2, 0.25) is 5.96 Å². The Morgan fingerprint density at radius 1 is 1.22 bits per heavy atom. The van der Waals surface area contributed by atoms with E-state index < -0.39 is 0 Å². The van der Waals surface area contributed by atoms with Crippen molar-refractivity contribution in [2.24, 2.45) is 27.2 Å². The standard InChI is InChI=1S/C11H17N5O2/c1-17-5-6-18-9-4-2-3-8(7-9)15-11(14)16-10(12)13/h2-4,7H,5-6H2,1H3,(H6,12,13,14,15,16). The summed E-state index contributed by atoms with van der Waals surface area (Å²) in [6.07, 6.45) is 0. The van der Waals surface area contributed by atoms with Gasteiger partial charge in [0.15, 0.2) is 5.96 Å². The first-order valence-electron chi connectivity index (χ1n) is 5.27. The maximum Gasteiger partial charge on any atom is 0.223 e. The molecule has 1 rings (SSSR count). The van der Waals surface area contributed by atoms with Gasteiger partial charge in [-0.1, -0.05) is 6.07 Å². The third-order valence-electron chi connectivity index (χ3n) is 1.86. The topological polar surface area (TPSA) is 121 Å². The van der Waals surface area contributed by atoms with E-state index in [1.165, 1.54) is 0 Å². The lowest BCUT2D eigenvalue weighted by Crippen LogP contribution is -2.26. The van der Waals surface area contributed by atoms with Crippen LogP contribution >= 0.6 is 0 Å². The SMILES string of the molecule is COCCOc1cccc(N=C(N)N=C(N)N)c1. The van der Waals surface area contributed by atoms with Crippen LogP contribution in [0.2, 0.25) is 0 Å². The second-order valence-electron chi connectivity index (χ2n) is 3.35. The Kier molecular flexibility index (Phi) is 5.46. The number of guanidine groups is 2. The lowest BCUT2D eigenvalue weighted by molar-refractivity contribution is 0.146. The minimum Gasteiger partial charge on any atom is -0.491 e. The highest BCUT2D eigenvalue weighted by Gasteiger charge is 1.97. The number of benzene rings is 1. The minimum absolute atomic E-state index is 0.0101. The molecule has 6 N–H and O–H groups in total. The van der Waals surface area contributed by atoms with Crippen LogP contribution in [0.5, 0.6) is 5.75 Å². The first kappa shape index (κ1) is 13.8. The van der Waals surface area contributed by atoms with Gasteiger partial charge in [-0.2, -0.15) is 4.99 Å². The monoisotopic (exact) mass is 251 g/mol. The molecule has 1 aromatic rings. The molecular weight excluding hydrogens is 234 g/mol. The molecule has 0 radical (unpaired) electrons. The van der Waals surface area contributed by atoms with Gasteiger partial charge >= 0.3 is 0 Å². The molecule has 0 unspecified atom stereocenters. The van der Waals surface area contributed by atoms with Crippen molar-refractivity contribution in [2.75, 3.05) is 20.3 Å². The molecule has 0 aliphatic rings. The van der Waals surface area contributed by atoms with Crippen LogP contribution in [-0.4, -0.2) is 32.2 Å². The van der Waals surface area contributed by atoms with E-state index in [0.29, 0.717) is 24.7 Å². The van der Waals surface area contributed by atoms with E-state index in [9.17, 15) is 0 Å². The fraction of sp³-hybridized carbons (Fsp3) is 0.273. The van der Waals surface area contributed by atoms with E-state index in [-0.39, 0.29) is 11.9 Å². The number of hydrogen-bond donors (Lipinski definition) is 3. The van der Waals surface area contributed by atoms with Crippen molar-refractivity contribution in [3.8, 4) is 5.75 Å². The molecule has 0 heterocycles. The molecule has 0 amide bonds. The number of aliphatic imine (C=N–C) groups is 2. The predicted octanol–water partition coefficient (Wildman–Crippen LogP) is -0.0686. The molecule has 0 saturated heterocycles. The number of ether oxygens (including phenoxy) is 2. The van der Waals surface area contributed by atoms with Gasteiger partial charge in [0.1, 0.15) is 12.4 Å². The van der Waals surface area contributed by atoms with Crippen LogP contribution in [0.1, 0.15) is 0 Å². The quantitative estimate of drug-likeness (QED) is 0.384. The average Bonchev–Trinajstić information content (AvgIpc) is 2.28. The Morgan fingerprint density at radius 2 is 2.00 bits per heavy atom. The number of rotatable bonds is 5. The van der Waals surface area contributed by atoms with Gasteiger partial charge in [-0.25, -0.2) is 4.99 Å². The summed E-state index contributed by atoms with van der Waals surface area (Å²) in [4.78, 5) is 7.64. The lowest BCUT2D eigenvalue weighted by Gasteiger charge is -2.05. The summed E-state index contributed by atoms with van der Waals surface area (Å²) in [6, 6.07) is 7.10. The van der Waals surface area contributed by atoms with Gasteiger partial charge in [-0.05, 0) is 12.1 Å². The van der Waals surface area contributed by atoms with Gasteiger partial charge in [0.05, 0.1) is 12.3 Å². The molecule has 18 heavy (non-hydrogen) atoms. The van der Waals surface area contributed by atoms with Crippen LogP contribution in [0.15, 0.2) is 34.3 Å². The van der Waals surface area contributed by atoms with Crippen molar-refractivity contribution < 1.29 is 9.47 Å². The summed E-state index contributed by atoms with van der Waals surface area (Å²) in [7, 11) is 1.61. The Bertz CT molecular complexity index is 441. The fourth-order valence-electron chi connectivity index (χ4n) is 1.18. The van der Waals surface area contributed by atoms with E-state index in [0.717, 1.165) is 0 Å². The number of hydrogen-bond acceptors (Lipinski definition) is 3. The second kappa shape index (κ2) is 7.13. The zero-order chi connectivity index (χ0) is 13.4. The molecule has 0 aliphatic carbocycles. The van der Waals surface area contributed by atoms with E-state index in [2.05, 4.69) is 9.98 Å². The Morgan fingerprint density at radius 3 is 2.67 bits per heavy atom. The number of nitrogens with zero attached hydrogens (tertiary/aromatic N) is 2. The third kappa shape index (κ3) is 5.17. The molecule has 0 bridgehead atoms. The molecule has 0 aromatic heterocycles. The largest absolute Gasteiger partial charge is 0.491 e. The smallest absolute Gasteiger partial charge is 0.223 e.